The average molecular weight is 279 g/mol. The largest absolute Gasteiger partial charge is 0.573 e. The third-order valence-corrected chi connectivity index (χ3v) is 2.47. The van der Waals surface area contributed by atoms with Gasteiger partial charge in [-0.2, -0.15) is 5.26 Å². The minimum atomic E-state index is -4.82. The maximum absolute atomic E-state index is 12.2. The van der Waals surface area contributed by atoms with Gasteiger partial charge in [0.1, 0.15) is 11.5 Å². The van der Waals surface area contributed by atoms with Gasteiger partial charge in [0.15, 0.2) is 0 Å². The quantitative estimate of drug-likeness (QED) is 0.908. The van der Waals surface area contributed by atoms with Gasteiger partial charge in [-0.3, -0.25) is 0 Å². The van der Waals surface area contributed by atoms with Gasteiger partial charge in [0.05, 0.1) is 11.6 Å². The lowest BCUT2D eigenvalue weighted by atomic mass is 10.0. The van der Waals surface area contributed by atoms with E-state index in [4.69, 9.17) is 5.26 Å². The molecule has 3 nitrogen and oxygen atoms in total. The third-order valence-electron chi connectivity index (χ3n) is 2.47. The average Bonchev–Trinajstić information content (AvgIpc) is 2.36. The van der Waals surface area contributed by atoms with Gasteiger partial charge in [-0.1, -0.05) is 12.1 Å². The normalized spacial score (nSPS) is 10.9. The molecule has 0 fully saturated rings. The second-order valence-corrected chi connectivity index (χ2v) is 3.95. The lowest BCUT2D eigenvalue weighted by Gasteiger charge is -2.11. The first kappa shape index (κ1) is 13.7. The van der Waals surface area contributed by atoms with Gasteiger partial charge < -0.3 is 9.84 Å². The van der Waals surface area contributed by atoms with Gasteiger partial charge in [-0.25, -0.2) is 0 Å². The summed E-state index contributed by atoms with van der Waals surface area (Å²) in [4.78, 5) is 0. The molecule has 2 aromatic rings. The highest BCUT2D eigenvalue weighted by atomic mass is 19.4. The molecule has 2 aromatic carbocycles. The molecular formula is C14H8F3NO2. The van der Waals surface area contributed by atoms with Crippen molar-refractivity contribution in [1.82, 2.24) is 0 Å². The number of aromatic hydroxyl groups is 1. The standard InChI is InChI=1S/C14H8F3NO2/c15-14(16,17)20-13-6-11(5-12(19)7-13)10-3-1-9(8-18)2-4-10/h1-7,19H. The predicted molar refractivity (Wildman–Crippen MR) is 64.9 cm³/mol. The molecule has 0 radical (unpaired) electrons. The Bertz CT molecular complexity index is 658. The van der Waals surface area contributed by atoms with Gasteiger partial charge in [-0.15, -0.1) is 13.2 Å². The van der Waals surface area contributed by atoms with Crippen LogP contribution in [-0.4, -0.2) is 11.5 Å². The minimum Gasteiger partial charge on any atom is -0.508 e. The number of alkyl halides is 3. The van der Waals surface area contributed by atoms with Gasteiger partial charge in [-0.05, 0) is 35.4 Å². The number of nitrogens with zero attached hydrogens (tertiary/aromatic N) is 1. The summed E-state index contributed by atoms with van der Waals surface area (Å²) in [5.41, 5.74) is 1.35. The fraction of sp³-hybridized carbons (Fsp3) is 0.0714. The van der Waals surface area contributed by atoms with Crippen LogP contribution in [0.2, 0.25) is 0 Å². The highest BCUT2D eigenvalue weighted by Crippen LogP contribution is 2.32. The van der Waals surface area contributed by atoms with E-state index in [-0.39, 0.29) is 5.75 Å². The smallest absolute Gasteiger partial charge is 0.508 e. The lowest BCUT2D eigenvalue weighted by molar-refractivity contribution is -0.274. The molecule has 0 amide bonds. The molecule has 2 rings (SSSR count). The number of phenolic OH excluding ortho intramolecular Hbond substituents is 1. The van der Waals surface area contributed by atoms with Crippen LogP contribution in [0.4, 0.5) is 13.2 Å². The van der Waals surface area contributed by atoms with Crippen molar-refractivity contribution in [2.75, 3.05) is 0 Å². The number of halogens is 3. The topological polar surface area (TPSA) is 53.2 Å². The SMILES string of the molecule is N#Cc1ccc(-c2cc(O)cc(OC(F)(F)F)c2)cc1. The van der Waals surface area contributed by atoms with Crippen molar-refractivity contribution >= 4 is 0 Å². The Kier molecular flexibility index (Phi) is 3.53. The Morgan fingerprint density at radius 2 is 1.65 bits per heavy atom. The van der Waals surface area contributed by atoms with Crippen LogP contribution in [0.1, 0.15) is 5.56 Å². The van der Waals surface area contributed by atoms with E-state index in [0.29, 0.717) is 16.7 Å². The summed E-state index contributed by atoms with van der Waals surface area (Å²) in [6.45, 7) is 0. The molecule has 0 saturated carbocycles. The monoisotopic (exact) mass is 279 g/mol. The molecule has 0 unspecified atom stereocenters. The molecule has 20 heavy (non-hydrogen) atoms. The van der Waals surface area contributed by atoms with Gasteiger partial charge in [0.2, 0.25) is 0 Å². The van der Waals surface area contributed by atoms with Crippen LogP contribution in [0.5, 0.6) is 11.5 Å². The zero-order chi connectivity index (χ0) is 14.8. The van der Waals surface area contributed by atoms with Crippen LogP contribution < -0.4 is 4.74 Å². The van der Waals surface area contributed by atoms with Crippen LogP contribution in [-0.2, 0) is 0 Å². The number of hydrogen-bond donors (Lipinski definition) is 1. The molecule has 0 heterocycles. The first-order valence-electron chi connectivity index (χ1n) is 5.48. The molecule has 102 valence electrons. The van der Waals surface area contributed by atoms with Crippen molar-refractivity contribution < 1.29 is 23.0 Å². The number of benzene rings is 2. The predicted octanol–water partition coefficient (Wildman–Crippen LogP) is 3.83. The number of rotatable bonds is 2. The van der Waals surface area contributed by atoms with Crippen molar-refractivity contribution in [2.24, 2.45) is 0 Å². The van der Waals surface area contributed by atoms with E-state index in [2.05, 4.69) is 4.74 Å². The first-order valence-corrected chi connectivity index (χ1v) is 5.48. The fourth-order valence-electron chi connectivity index (χ4n) is 1.68. The summed E-state index contributed by atoms with van der Waals surface area (Å²) >= 11 is 0. The first-order chi connectivity index (χ1) is 9.37. The van der Waals surface area contributed by atoms with Crippen LogP contribution in [0.3, 0.4) is 0 Å². The summed E-state index contributed by atoms with van der Waals surface area (Å²) in [6.07, 6.45) is -4.82. The van der Waals surface area contributed by atoms with Crippen molar-refractivity contribution in [3.8, 4) is 28.7 Å². The van der Waals surface area contributed by atoms with Crippen molar-refractivity contribution in [1.29, 1.82) is 5.26 Å². The maximum Gasteiger partial charge on any atom is 0.573 e. The fourth-order valence-corrected chi connectivity index (χ4v) is 1.68. The number of ether oxygens (including phenoxy) is 1. The molecule has 0 aliphatic carbocycles. The molecule has 0 aliphatic rings. The summed E-state index contributed by atoms with van der Waals surface area (Å²) in [7, 11) is 0. The van der Waals surface area contributed by atoms with E-state index in [1.807, 2.05) is 6.07 Å². The molecule has 6 heteroatoms. The van der Waals surface area contributed by atoms with Crippen LogP contribution in [0, 0.1) is 11.3 Å². The summed E-state index contributed by atoms with van der Waals surface area (Å²) in [5, 5.41) is 18.1. The zero-order valence-corrected chi connectivity index (χ0v) is 9.98. The van der Waals surface area contributed by atoms with Crippen LogP contribution >= 0.6 is 0 Å². The Morgan fingerprint density at radius 3 is 2.20 bits per heavy atom. The maximum atomic E-state index is 12.2. The molecule has 0 bridgehead atoms. The van der Waals surface area contributed by atoms with E-state index in [1.165, 1.54) is 18.2 Å². The van der Waals surface area contributed by atoms with Crippen LogP contribution in [0.15, 0.2) is 42.5 Å². The highest BCUT2D eigenvalue weighted by Gasteiger charge is 2.31. The molecular weight excluding hydrogens is 271 g/mol. The zero-order valence-electron chi connectivity index (χ0n) is 9.98. The van der Waals surface area contributed by atoms with Crippen LogP contribution in [0.25, 0.3) is 11.1 Å². The Balaban J connectivity index is 2.38. The molecule has 0 aliphatic heterocycles. The minimum absolute atomic E-state index is 0.342. The number of nitriles is 1. The van der Waals surface area contributed by atoms with E-state index >= 15 is 0 Å². The molecule has 0 atom stereocenters. The lowest BCUT2D eigenvalue weighted by Crippen LogP contribution is -2.17. The Morgan fingerprint density at radius 1 is 1.00 bits per heavy atom. The van der Waals surface area contributed by atoms with Crippen molar-refractivity contribution in [2.45, 2.75) is 6.36 Å². The van der Waals surface area contributed by atoms with Crippen molar-refractivity contribution in [3.05, 3.63) is 48.0 Å². The summed E-state index contributed by atoms with van der Waals surface area (Å²) in [5.74, 6) is -0.844. The van der Waals surface area contributed by atoms with E-state index in [0.717, 1.165) is 12.1 Å². The molecule has 1 N–H and O–H groups in total. The summed E-state index contributed by atoms with van der Waals surface area (Å²) < 4.78 is 40.3. The van der Waals surface area contributed by atoms with E-state index < -0.39 is 12.1 Å². The Labute approximate surface area is 112 Å². The van der Waals surface area contributed by atoms with Gasteiger partial charge in [0.25, 0.3) is 0 Å². The second-order valence-electron chi connectivity index (χ2n) is 3.95. The Hall–Kier alpha value is -2.68. The molecule has 0 saturated heterocycles. The third kappa shape index (κ3) is 3.42. The second kappa shape index (κ2) is 5.13. The summed E-state index contributed by atoms with van der Waals surface area (Å²) in [6, 6.07) is 11.5. The van der Waals surface area contributed by atoms with E-state index in [1.54, 1.807) is 12.1 Å². The molecule has 0 spiro atoms. The van der Waals surface area contributed by atoms with Gasteiger partial charge >= 0.3 is 6.36 Å². The highest BCUT2D eigenvalue weighted by molar-refractivity contribution is 5.67. The number of phenols is 1. The molecule has 0 aromatic heterocycles. The van der Waals surface area contributed by atoms with Crippen molar-refractivity contribution in [3.63, 3.8) is 0 Å². The number of hydrogen-bond acceptors (Lipinski definition) is 3. The van der Waals surface area contributed by atoms with E-state index in [9.17, 15) is 18.3 Å². The van der Waals surface area contributed by atoms with Gasteiger partial charge in [0, 0.05) is 6.07 Å².